The zero-order valence-electron chi connectivity index (χ0n) is 12.6. The van der Waals surface area contributed by atoms with E-state index in [9.17, 15) is 13.2 Å². The van der Waals surface area contributed by atoms with E-state index < -0.39 is 9.84 Å². The predicted molar refractivity (Wildman–Crippen MR) is 83.6 cm³/mol. The van der Waals surface area contributed by atoms with Crippen LogP contribution < -0.4 is 0 Å². The van der Waals surface area contributed by atoms with Crippen molar-refractivity contribution in [3.8, 4) is 0 Å². The van der Waals surface area contributed by atoms with Gasteiger partial charge in [0.1, 0.15) is 5.78 Å². The fourth-order valence-corrected chi connectivity index (χ4v) is 4.08. The summed E-state index contributed by atoms with van der Waals surface area (Å²) in [5.74, 6) is 0.205. The van der Waals surface area contributed by atoms with Crippen LogP contribution >= 0.6 is 0 Å². The highest BCUT2D eigenvalue weighted by atomic mass is 32.2. The van der Waals surface area contributed by atoms with Crippen LogP contribution in [0, 0.1) is 18.8 Å². The molecule has 0 unspecified atom stereocenters. The Morgan fingerprint density at radius 2 is 1.90 bits per heavy atom. The molecule has 0 aliphatic heterocycles. The van der Waals surface area contributed by atoms with Gasteiger partial charge in [0.25, 0.3) is 0 Å². The zero-order valence-corrected chi connectivity index (χ0v) is 13.4. The molecule has 4 heteroatoms. The highest BCUT2D eigenvalue weighted by Crippen LogP contribution is 2.34. The first-order valence-corrected chi connectivity index (χ1v) is 8.83. The van der Waals surface area contributed by atoms with Crippen molar-refractivity contribution in [2.24, 2.45) is 11.8 Å². The SMILES string of the molecule is C=C(C[C@H]1C(=O)CCC[C@@H]1C)S(=O)(=O)c1ccc(C)cc1. The number of carbonyl (C=O) groups excluding carboxylic acids is 1. The molecule has 0 bridgehead atoms. The van der Waals surface area contributed by atoms with E-state index in [-0.39, 0.29) is 33.8 Å². The monoisotopic (exact) mass is 306 g/mol. The predicted octanol–water partition coefficient (Wildman–Crippen LogP) is 3.68. The normalized spacial score (nSPS) is 23.0. The van der Waals surface area contributed by atoms with Crippen LogP contribution in [0.3, 0.4) is 0 Å². The summed E-state index contributed by atoms with van der Waals surface area (Å²) in [6, 6.07) is 6.74. The number of hydrogen-bond donors (Lipinski definition) is 0. The zero-order chi connectivity index (χ0) is 15.6. The summed E-state index contributed by atoms with van der Waals surface area (Å²) in [4.78, 5) is 12.4. The molecule has 1 aromatic carbocycles. The Labute approximate surface area is 127 Å². The Kier molecular flexibility index (Phi) is 4.67. The molecule has 1 fully saturated rings. The minimum Gasteiger partial charge on any atom is -0.299 e. The van der Waals surface area contributed by atoms with E-state index in [0.29, 0.717) is 6.42 Å². The molecule has 2 atom stereocenters. The molecule has 0 saturated heterocycles. The van der Waals surface area contributed by atoms with E-state index in [1.54, 1.807) is 24.3 Å². The molecule has 0 heterocycles. The number of carbonyl (C=O) groups is 1. The van der Waals surface area contributed by atoms with E-state index in [1.165, 1.54) is 0 Å². The van der Waals surface area contributed by atoms with Gasteiger partial charge in [0.2, 0.25) is 9.84 Å². The Balaban J connectivity index is 2.19. The summed E-state index contributed by atoms with van der Waals surface area (Å²) in [6.07, 6.45) is 2.70. The third kappa shape index (κ3) is 3.43. The van der Waals surface area contributed by atoms with E-state index in [2.05, 4.69) is 6.58 Å². The van der Waals surface area contributed by atoms with Crippen molar-refractivity contribution in [1.29, 1.82) is 0 Å². The van der Waals surface area contributed by atoms with Gasteiger partial charge in [-0.1, -0.05) is 31.2 Å². The molecule has 0 amide bonds. The van der Waals surface area contributed by atoms with Gasteiger partial charge in [-0.3, -0.25) is 4.79 Å². The largest absolute Gasteiger partial charge is 0.299 e. The number of benzene rings is 1. The Hall–Kier alpha value is -1.42. The summed E-state index contributed by atoms with van der Waals surface area (Å²) in [6.45, 7) is 7.68. The third-order valence-electron chi connectivity index (χ3n) is 4.34. The van der Waals surface area contributed by atoms with Gasteiger partial charge < -0.3 is 0 Å². The number of hydrogen-bond acceptors (Lipinski definition) is 3. The highest BCUT2D eigenvalue weighted by molar-refractivity contribution is 7.95. The maximum atomic E-state index is 12.5. The van der Waals surface area contributed by atoms with Gasteiger partial charge in [0, 0.05) is 17.2 Å². The minimum absolute atomic E-state index is 0.151. The quantitative estimate of drug-likeness (QED) is 0.852. The summed E-state index contributed by atoms with van der Waals surface area (Å²) >= 11 is 0. The van der Waals surface area contributed by atoms with Crippen molar-refractivity contribution in [1.82, 2.24) is 0 Å². The van der Waals surface area contributed by atoms with Crippen LogP contribution in [0.2, 0.25) is 0 Å². The van der Waals surface area contributed by atoms with Crippen LogP contribution in [-0.4, -0.2) is 14.2 Å². The summed E-state index contributed by atoms with van der Waals surface area (Å²) in [7, 11) is -3.55. The summed E-state index contributed by atoms with van der Waals surface area (Å²) < 4.78 is 25.0. The summed E-state index contributed by atoms with van der Waals surface area (Å²) in [5, 5.41) is 0. The third-order valence-corrected chi connectivity index (χ3v) is 6.16. The Bertz CT molecular complexity index is 641. The van der Waals surface area contributed by atoms with E-state index >= 15 is 0 Å². The molecule has 114 valence electrons. The molecule has 1 saturated carbocycles. The van der Waals surface area contributed by atoms with Gasteiger partial charge in [-0.15, -0.1) is 0 Å². The molecule has 0 radical (unpaired) electrons. The molecule has 21 heavy (non-hydrogen) atoms. The molecule has 2 rings (SSSR count). The van der Waals surface area contributed by atoms with Crippen molar-refractivity contribution < 1.29 is 13.2 Å². The maximum Gasteiger partial charge on any atom is 0.202 e. The molecule has 0 aromatic heterocycles. The lowest BCUT2D eigenvalue weighted by Crippen LogP contribution is -2.27. The van der Waals surface area contributed by atoms with E-state index in [1.807, 2.05) is 13.8 Å². The molecule has 1 aliphatic carbocycles. The van der Waals surface area contributed by atoms with Crippen molar-refractivity contribution >= 4 is 15.6 Å². The average molecular weight is 306 g/mol. The number of aryl methyl sites for hydroxylation is 1. The van der Waals surface area contributed by atoms with Crippen LogP contribution in [0.1, 0.15) is 38.2 Å². The van der Waals surface area contributed by atoms with E-state index in [0.717, 1.165) is 18.4 Å². The second kappa shape index (κ2) is 6.14. The smallest absolute Gasteiger partial charge is 0.202 e. The number of allylic oxidation sites excluding steroid dienone is 1. The summed E-state index contributed by atoms with van der Waals surface area (Å²) in [5.41, 5.74) is 1.01. The van der Waals surface area contributed by atoms with Gasteiger partial charge >= 0.3 is 0 Å². The molecule has 1 aromatic rings. The second-order valence-electron chi connectivity index (χ2n) is 6.00. The van der Waals surface area contributed by atoms with Gasteiger partial charge in [-0.05, 0) is 44.2 Å². The van der Waals surface area contributed by atoms with Gasteiger partial charge in [0.15, 0.2) is 0 Å². The van der Waals surface area contributed by atoms with E-state index in [4.69, 9.17) is 0 Å². The van der Waals surface area contributed by atoms with Crippen LogP contribution in [0.4, 0.5) is 0 Å². The first kappa shape index (κ1) is 16.0. The minimum atomic E-state index is -3.55. The lowest BCUT2D eigenvalue weighted by Gasteiger charge is -2.27. The number of Topliss-reactive ketones (excluding diaryl/α,β-unsaturated/α-hetero) is 1. The van der Waals surface area contributed by atoms with Crippen LogP contribution in [0.25, 0.3) is 0 Å². The fourth-order valence-electron chi connectivity index (χ4n) is 2.86. The second-order valence-corrected chi connectivity index (χ2v) is 8.06. The highest BCUT2D eigenvalue weighted by Gasteiger charge is 2.32. The molecule has 3 nitrogen and oxygen atoms in total. The van der Waals surface area contributed by atoms with Crippen LogP contribution in [-0.2, 0) is 14.6 Å². The molecular formula is C17H22O3S. The Morgan fingerprint density at radius 1 is 1.29 bits per heavy atom. The Morgan fingerprint density at radius 3 is 2.48 bits per heavy atom. The van der Waals surface area contributed by atoms with Crippen molar-refractivity contribution in [3.63, 3.8) is 0 Å². The molecular weight excluding hydrogens is 284 g/mol. The lowest BCUT2D eigenvalue weighted by atomic mass is 9.78. The maximum absolute atomic E-state index is 12.5. The number of ketones is 1. The topological polar surface area (TPSA) is 51.2 Å². The lowest BCUT2D eigenvalue weighted by molar-refractivity contribution is -0.126. The molecule has 0 spiro atoms. The standard InChI is InChI=1S/C17H22O3S/c1-12-7-9-15(10-8-12)21(19,20)14(3)11-16-13(2)5-4-6-17(16)18/h7-10,13,16H,3-6,11H2,1-2H3/t13-,16+/m0/s1. The fraction of sp³-hybridized carbons (Fsp3) is 0.471. The van der Waals surface area contributed by atoms with Gasteiger partial charge in [-0.2, -0.15) is 0 Å². The molecule has 1 aliphatic rings. The van der Waals surface area contributed by atoms with Gasteiger partial charge in [0.05, 0.1) is 4.90 Å². The van der Waals surface area contributed by atoms with Crippen LogP contribution in [0.5, 0.6) is 0 Å². The average Bonchev–Trinajstić information content (AvgIpc) is 2.43. The molecule has 0 N–H and O–H groups in total. The number of rotatable bonds is 4. The van der Waals surface area contributed by atoms with Crippen LogP contribution in [0.15, 0.2) is 40.6 Å². The number of sulfone groups is 1. The first-order valence-electron chi connectivity index (χ1n) is 7.34. The van der Waals surface area contributed by atoms with Crippen molar-refractivity contribution in [3.05, 3.63) is 41.3 Å². The first-order chi connectivity index (χ1) is 9.82. The van der Waals surface area contributed by atoms with Crippen molar-refractivity contribution in [2.45, 2.75) is 44.4 Å². The van der Waals surface area contributed by atoms with Crippen molar-refractivity contribution in [2.75, 3.05) is 0 Å². The van der Waals surface area contributed by atoms with Gasteiger partial charge in [-0.25, -0.2) is 8.42 Å².